The monoisotopic (exact) mass is 215 g/mol. The van der Waals surface area contributed by atoms with Crippen molar-refractivity contribution in [3.63, 3.8) is 0 Å². The Hall–Kier alpha value is 0.210. The van der Waals surface area contributed by atoms with E-state index in [1.165, 1.54) is 0 Å². The first-order valence-corrected chi connectivity index (χ1v) is 6.68. The molecule has 0 aromatic carbocycles. The molecule has 12 heavy (non-hydrogen) atoms. The Morgan fingerprint density at radius 1 is 1.33 bits per heavy atom. The van der Waals surface area contributed by atoms with Crippen LogP contribution in [0.1, 0.15) is 13.8 Å². The normalized spacial score (nSPS) is 13.1. The average molecular weight is 215 g/mol. The fourth-order valence-corrected chi connectivity index (χ4v) is 3.36. The largest absolute Gasteiger partial charge is 0.518 e. The molecule has 0 rings (SSSR count). The van der Waals surface area contributed by atoms with Crippen LogP contribution in [0.2, 0.25) is 0 Å². The van der Waals surface area contributed by atoms with Crippen LogP contribution in [0.15, 0.2) is 0 Å². The van der Waals surface area contributed by atoms with E-state index in [2.05, 4.69) is 0 Å². The Morgan fingerprint density at radius 3 is 2.00 bits per heavy atom. The smallest absolute Gasteiger partial charge is 0.306 e. The van der Waals surface area contributed by atoms with E-state index in [9.17, 15) is 9.13 Å². The van der Waals surface area contributed by atoms with Gasteiger partial charge in [-0.25, -0.2) is 0 Å². The fourth-order valence-electron chi connectivity index (χ4n) is 0.660. The highest BCUT2D eigenvalue weighted by Crippen LogP contribution is 2.53. The van der Waals surface area contributed by atoms with Crippen LogP contribution in [0.5, 0.6) is 0 Å². The molecule has 0 aliphatic rings. The lowest BCUT2D eigenvalue weighted by molar-refractivity contribution is 0.223. The highest BCUT2D eigenvalue weighted by atomic mass is 31.2. The maximum atomic E-state index is 11.4. The minimum Gasteiger partial charge on any atom is -0.306 e. The van der Waals surface area contributed by atoms with Gasteiger partial charge in [0, 0.05) is 0 Å². The molecule has 0 fully saturated rings. The zero-order valence-corrected chi connectivity index (χ0v) is 8.88. The molecule has 5 nitrogen and oxygen atoms in total. The third kappa shape index (κ3) is 4.96. The molecule has 1 N–H and O–H groups in total. The van der Waals surface area contributed by atoms with Gasteiger partial charge in [-0.15, -0.1) is 0 Å². The van der Waals surface area contributed by atoms with Crippen LogP contribution in [0.3, 0.4) is 0 Å². The summed E-state index contributed by atoms with van der Waals surface area (Å²) in [4.78, 5) is 8.52. The molecule has 0 radical (unpaired) electrons. The fraction of sp³-hybridized carbons (Fsp3) is 1.00. The van der Waals surface area contributed by atoms with Gasteiger partial charge in [-0.05, 0) is 18.4 Å². The summed E-state index contributed by atoms with van der Waals surface area (Å²) < 4.78 is 31.4. The van der Waals surface area contributed by atoms with Gasteiger partial charge in [0.25, 0.3) is 5.90 Å². The number of rotatable bonds is 6. The zero-order chi connectivity index (χ0) is 9.61. The molecule has 1 unspecified atom stereocenters. The minimum absolute atomic E-state index is 0.209. The molecule has 0 heterocycles. The van der Waals surface area contributed by atoms with Gasteiger partial charge in [-0.1, -0.05) is 0 Å². The van der Waals surface area contributed by atoms with Crippen molar-refractivity contribution < 1.29 is 23.1 Å². The maximum Gasteiger partial charge on any atom is 0.518 e. The van der Waals surface area contributed by atoms with Crippen molar-refractivity contribution in [2.75, 3.05) is 19.1 Å². The summed E-state index contributed by atoms with van der Waals surface area (Å²) in [6.07, 6.45) is 0. The molecule has 0 aromatic rings. The molecule has 72 valence electrons. The molecule has 7 heteroatoms. The summed E-state index contributed by atoms with van der Waals surface area (Å²) in [6.45, 7) is 3.72. The molecule has 1 atom stereocenters. The molecule has 0 amide bonds. The van der Waals surface area contributed by atoms with Crippen LogP contribution in [-0.2, 0) is 18.2 Å². The van der Waals surface area contributed by atoms with Crippen molar-refractivity contribution in [2.24, 2.45) is 0 Å². The first-order chi connectivity index (χ1) is 5.54. The Bertz CT molecular complexity index is 182. The standard InChI is InChI=1S/C5H12O5P2/c1-3-9-12(8,10-4-2)5-11(6)7/h3-5H2,1-2H3/p+1. The molecule has 0 bridgehead atoms. The lowest BCUT2D eigenvalue weighted by Crippen LogP contribution is -1.97. The van der Waals surface area contributed by atoms with Crippen molar-refractivity contribution >= 4 is 15.6 Å². The Morgan fingerprint density at radius 2 is 1.75 bits per heavy atom. The second-order valence-corrected chi connectivity index (χ2v) is 5.51. The van der Waals surface area contributed by atoms with Crippen molar-refractivity contribution in [1.29, 1.82) is 0 Å². The van der Waals surface area contributed by atoms with E-state index in [4.69, 9.17) is 13.9 Å². The van der Waals surface area contributed by atoms with Crippen LogP contribution in [0, 0.1) is 0 Å². The summed E-state index contributed by atoms with van der Waals surface area (Å²) in [5.41, 5.74) is 0. The SMILES string of the molecule is CCOP(=O)(C[P+](=O)O)OCC. The van der Waals surface area contributed by atoms with Crippen LogP contribution in [0.25, 0.3) is 0 Å². The average Bonchev–Trinajstić information content (AvgIpc) is 1.85. The van der Waals surface area contributed by atoms with Crippen molar-refractivity contribution in [3.05, 3.63) is 0 Å². The predicted molar refractivity (Wildman–Crippen MR) is 45.6 cm³/mol. The summed E-state index contributed by atoms with van der Waals surface area (Å²) in [6, 6.07) is 0. The Labute approximate surface area is 72.5 Å². The van der Waals surface area contributed by atoms with Gasteiger partial charge < -0.3 is 9.05 Å². The summed E-state index contributed by atoms with van der Waals surface area (Å²) in [7, 11) is -5.78. The van der Waals surface area contributed by atoms with Gasteiger partial charge in [0.2, 0.25) is 0 Å². The molecular weight excluding hydrogens is 202 g/mol. The topological polar surface area (TPSA) is 72.8 Å². The van der Waals surface area contributed by atoms with Crippen molar-refractivity contribution in [2.45, 2.75) is 13.8 Å². The van der Waals surface area contributed by atoms with E-state index < -0.39 is 21.5 Å². The van der Waals surface area contributed by atoms with Gasteiger partial charge in [0.1, 0.15) is 0 Å². The highest BCUT2D eigenvalue weighted by Gasteiger charge is 2.34. The van der Waals surface area contributed by atoms with Crippen LogP contribution >= 0.6 is 15.6 Å². The number of hydrogen-bond acceptors (Lipinski definition) is 4. The quantitative estimate of drug-likeness (QED) is 0.685. The Kier molecular flexibility index (Phi) is 5.89. The van der Waals surface area contributed by atoms with Gasteiger partial charge in [-0.2, -0.15) is 4.89 Å². The molecule has 0 saturated carbocycles. The third-order valence-corrected chi connectivity index (χ3v) is 4.60. The molecule has 0 spiro atoms. The van der Waals surface area contributed by atoms with Gasteiger partial charge >= 0.3 is 15.6 Å². The maximum absolute atomic E-state index is 11.4. The van der Waals surface area contributed by atoms with E-state index in [1.54, 1.807) is 13.8 Å². The minimum atomic E-state index is -3.31. The third-order valence-electron chi connectivity index (χ3n) is 0.946. The lowest BCUT2D eigenvalue weighted by atomic mass is 10.9. The Balaban J connectivity index is 4.18. The van der Waals surface area contributed by atoms with Crippen molar-refractivity contribution in [1.82, 2.24) is 0 Å². The second-order valence-electron chi connectivity index (χ2n) is 1.94. The predicted octanol–water partition coefficient (Wildman–Crippen LogP) is 1.94. The van der Waals surface area contributed by atoms with Gasteiger partial charge in [0.15, 0.2) is 0 Å². The van der Waals surface area contributed by atoms with Gasteiger partial charge in [0.05, 0.1) is 13.2 Å². The van der Waals surface area contributed by atoms with Crippen LogP contribution in [-0.4, -0.2) is 24.0 Å². The summed E-state index contributed by atoms with van der Waals surface area (Å²) in [5.74, 6) is -0.427. The first kappa shape index (κ1) is 12.2. The van der Waals surface area contributed by atoms with Crippen LogP contribution < -0.4 is 0 Å². The van der Waals surface area contributed by atoms with E-state index in [1.807, 2.05) is 0 Å². The van der Waals surface area contributed by atoms with Crippen molar-refractivity contribution in [3.8, 4) is 0 Å². The zero-order valence-electron chi connectivity index (χ0n) is 7.10. The summed E-state index contributed by atoms with van der Waals surface area (Å²) >= 11 is 0. The van der Waals surface area contributed by atoms with E-state index >= 15 is 0 Å². The van der Waals surface area contributed by atoms with E-state index in [-0.39, 0.29) is 13.2 Å². The van der Waals surface area contributed by atoms with Gasteiger partial charge in [-0.3, -0.25) is 4.57 Å². The lowest BCUT2D eigenvalue weighted by Gasteiger charge is -2.10. The summed E-state index contributed by atoms with van der Waals surface area (Å²) in [5, 5.41) is 0. The molecule has 0 aliphatic heterocycles. The number of hydrogen-bond donors (Lipinski definition) is 1. The van der Waals surface area contributed by atoms with E-state index in [0.717, 1.165) is 0 Å². The van der Waals surface area contributed by atoms with Crippen LogP contribution in [0.4, 0.5) is 0 Å². The molecule has 0 saturated heterocycles. The second kappa shape index (κ2) is 5.79. The molecular formula is C5H13O5P2+. The first-order valence-electron chi connectivity index (χ1n) is 3.55. The highest BCUT2D eigenvalue weighted by molar-refractivity contribution is 7.65. The molecule has 0 aromatic heterocycles. The molecule has 0 aliphatic carbocycles. The van der Waals surface area contributed by atoms with E-state index in [0.29, 0.717) is 0 Å².